The van der Waals surface area contributed by atoms with Crippen molar-refractivity contribution >= 4 is 29.5 Å². The Balaban J connectivity index is 0.000000186. The summed E-state index contributed by atoms with van der Waals surface area (Å²) < 4.78 is 0. The number of rotatable bonds is 11. The molecule has 2 heterocycles. The zero-order valence-electron chi connectivity index (χ0n) is 28.0. The Morgan fingerprint density at radius 3 is 1.36 bits per heavy atom. The van der Waals surface area contributed by atoms with Gasteiger partial charge in [-0.05, 0) is 78.6 Å². The van der Waals surface area contributed by atoms with E-state index in [0.29, 0.717) is 17.8 Å². The van der Waals surface area contributed by atoms with Gasteiger partial charge in [0.25, 0.3) is 0 Å². The fraction of sp³-hybridized carbons (Fsp3) is 0.405. The first-order valence-corrected chi connectivity index (χ1v) is 19.1. The van der Waals surface area contributed by atoms with Gasteiger partial charge in [-0.1, -0.05) is 133 Å². The Bertz CT molecular complexity index is 1360. The Morgan fingerprint density at radius 1 is 0.638 bits per heavy atom. The van der Waals surface area contributed by atoms with E-state index in [4.69, 9.17) is 0 Å². The van der Waals surface area contributed by atoms with Crippen molar-refractivity contribution in [3.05, 3.63) is 144 Å². The van der Waals surface area contributed by atoms with Crippen LogP contribution in [0.4, 0.5) is 0 Å². The first-order chi connectivity index (χ1) is 23.1. The quantitative estimate of drug-likeness (QED) is 0.162. The minimum Gasteiger partial charge on any atom is -0.302 e. The fourth-order valence-corrected chi connectivity index (χ4v) is 8.26. The van der Waals surface area contributed by atoms with Gasteiger partial charge in [-0.2, -0.15) is 12.6 Å². The monoisotopic (exact) mass is 664 g/mol. The number of thiol groups is 1. The van der Waals surface area contributed by atoms with Crippen molar-refractivity contribution in [1.82, 2.24) is 9.80 Å². The molecule has 0 amide bonds. The summed E-state index contributed by atoms with van der Waals surface area (Å²) in [6.45, 7) is 8.52. The second kappa shape index (κ2) is 19.2. The van der Waals surface area contributed by atoms with Crippen molar-refractivity contribution < 1.29 is 4.79 Å². The van der Waals surface area contributed by atoms with E-state index in [1.165, 1.54) is 72.8 Å². The molecule has 0 spiro atoms. The lowest BCUT2D eigenvalue weighted by Gasteiger charge is -2.35. The summed E-state index contributed by atoms with van der Waals surface area (Å²) in [5.41, 5.74) is 5.60. The summed E-state index contributed by atoms with van der Waals surface area (Å²) in [5.74, 6) is 4.23. The number of hydrogen-bond acceptors (Lipinski definition) is 5. The molecule has 2 aliphatic rings. The minimum atomic E-state index is 0.239. The van der Waals surface area contributed by atoms with E-state index in [-0.39, 0.29) is 5.12 Å². The number of carbonyl (C=O) groups excluding carboxylic acids is 1. The summed E-state index contributed by atoms with van der Waals surface area (Å²) in [7, 11) is 0. The van der Waals surface area contributed by atoms with Crippen LogP contribution in [0, 0.1) is 11.8 Å². The molecule has 6 rings (SSSR count). The van der Waals surface area contributed by atoms with E-state index in [1.807, 2.05) is 0 Å². The van der Waals surface area contributed by atoms with Gasteiger partial charge in [-0.25, -0.2) is 0 Å². The van der Waals surface area contributed by atoms with Crippen molar-refractivity contribution in [3.63, 3.8) is 0 Å². The maximum Gasteiger partial charge on any atom is 0.185 e. The normalized spacial score (nSPS) is 18.9. The zero-order valence-corrected chi connectivity index (χ0v) is 29.7. The van der Waals surface area contributed by atoms with Crippen LogP contribution in [0.15, 0.2) is 121 Å². The van der Waals surface area contributed by atoms with Crippen LogP contribution in [0.1, 0.15) is 66.7 Å². The van der Waals surface area contributed by atoms with Crippen LogP contribution in [0.25, 0.3) is 0 Å². The van der Waals surface area contributed by atoms with Gasteiger partial charge in [0, 0.05) is 50.7 Å². The van der Waals surface area contributed by atoms with Gasteiger partial charge in [0.15, 0.2) is 5.12 Å². The molecule has 4 aromatic carbocycles. The molecule has 47 heavy (non-hydrogen) atoms. The maximum absolute atomic E-state index is 11.3. The molecule has 2 saturated heterocycles. The number of carbonyl (C=O) groups is 1. The molecule has 2 unspecified atom stereocenters. The van der Waals surface area contributed by atoms with Gasteiger partial charge in [-0.15, -0.1) is 0 Å². The summed E-state index contributed by atoms with van der Waals surface area (Å²) in [6, 6.07) is 43.5. The molecule has 0 saturated carbocycles. The number of likely N-dealkylation sites (tertiary alicyclic amines) is 2. The van der Waals surface area contributed by atoms with E-state index in [2.05, 4.69) is 144 Å². The van der Waals surface area contributed by atoms with Crippen molar-refractivity contribution in [2.24, 2.45) is 11.8 Å². The van der Waals surface area contributed by atoms with Gasteiger partial charge in [0.1, 0.15) is 0 Å². The predicted octanol–water partition coefficient (Wildman–Crippen LogP) is 9.27. The standard InChI is InChI=1S/C22H27NOS.C20H25NS/c1-18(24)25-17-19-9-8-14-23(15-19)16-22(20-10-4-2-5-11-20)21-12-6-3-7-13-21;22-16-17-8-7-13-21(14-17)15-20(18-9-3-1-4-10-18)19-11-5-2-6-12-19/h2-7,10-13,19,22H,8-9,14-17H2,1H3;1-6,9-12,17,20,22H,7-8,13-16H2. The summed E-state index contributed by atoms with van der Waals surface area (Å²) >= 11 is 5.99. The third-order valence-electron chi connectivity index (χ3n) is 9.68. The molecule has 4 aromatic rings. The molecule has 0 N–H and O–H groups in total. The van der Waals surface area contributed by atoms with Crippen LogP contribution in [0.2, 0.25) is 0 Å². The first-order valence-electron chi connectivity index (χ1n) is 17.5. The molecule has 0 aliphatic carbocycles. The van der Waals surface area contributed by atoms with Gasteiger partial charge in [-0.3, -0.25) is 4.79 Å². The van der Waals surface area contributed by atoms with E-state index >= 15 is 0 Å². The summed E-state index contributed by atoms with van der Waals surface area (Å²) in [6.07, 6.45) is 5.13. The number of piperidine rings is 2. The molecule has 5 heteroatoms. The predicted molar refractivity (Wildman–Crippen MR) is 205 cm³/mol. The summed E-state index contributed by atoms with van der Waals surface area (Å²) in [5, 5.41) is 0.239. The highest BCUT2D eigenvalue weighted by atomic mass is 32.2. The second-order valence-electron chi connectivity index (χ2n) is 13.3. The van der Waals surface area contributed by atoms with E-state index in [0.717, 1.165) is 43.6 Å². The average molecular weight is 665 g/mol. The van der Waals surface area contributed by atoms with Gasteiger partial charge in [0.05, 0.1) is 0 Å². The molecular formula is C42H52N2OS2. The fourth-order valence-electron chi connectivity index (χ4n) is 7.22. The van der Waals surface area contributed by atoms with Crippen molar-refractivity contribution in [2.45, 2.75) is 44.4 Å². The van der Waals surface area contributed by atoms with Crippen molar-refractivity contribution in [3.8, 4) is 0 Å². The lowest BCUT2D eigenvalue weighted by atomic mass is 9.89. The van der Waals surface area contributed by atoms with E-state index < -0.39 is 0 Å². The molecule has 2 fully saturated rings. The molecule has 2 aliphatic heterocycles. The topological polar surface area (TPSA) is 23.6 Å². The molecule has 0 aromatic heterocycles. The molecule has 0 radical (unpaired) electrons. The highest BCUT2D eigenvalue weighted by molar-refractivity contribution is 8.13. The lowest BCUT2D eigenvalue weighted by Crippen LogP contribution is -2.39. The molecule has 248 valence electrons. The van der Waals surface area contributed by atoms with E-state index in [1.54, 1.807) is 6.92 Å². The number of hydrogen-bond donors (Lipinski definition) is 1. The zero-order chi connectivity index (χ0) is 32.7. The highest BCUT2D eigenvalue weighted by Crippen LogP contribution is 2.30. The Hall–Kier alpha value is -2.83. The molecular weight excluding hydrogens is 613 g/mol. The van der Waals surface area contributed by atoms with Crippen molar-refractivity contribution in [2.75, 3.05) is 50.8 Å². The minimum absolute atomic E-state index is 0.239. The highest BCUT2D eigenvalue weighted by Gasteiger charge is 2.25. The first kappa shape index (κ1) is 35.5. The summed E-state index contributed by atoms with van der Waals surface area (Å²) in [4.78, 5) is 16.5. The number of benzene rings is 4. The largest absolute Gasteiger partial charge is 0.302 e. The van der Waals surface area contributed by atoms with Crippen LogP contribution in [0.3, 0.4) is 0 Å². The van der Waals surface area contributed by atoms with Crippen LogP contribution >= 0.6 is 24.4 Å². The lowest BCUT2D eigenvalue weighted by molar-refractivity contribution is -0.109. The van der Waals surface area contributed by atoms with Crippen LogP contribution in [-0.2, 0) is 4.79 Å². The molecule has 0 bridgehead atoms. The number of nitrogens with zero attached hydrogens (tertiary/aromatic N) is 2. The Labute approximate surface area is 293 Å². The maximum atomic E-state index is 11.3. The Morgan fingerprint density at radius 2 is 1.00 bits per heavy atom. The van der Waals surface area contributed by atoms with Gasteiger partial charge < -0.3 is 9.80 Å². The van der Waals surface area contributed by atoms with Crippen molar-refractivity contribution in [1.29, 1.82) is 0 Å². The third kappa shape index (κ3) is 11.4. The molecule has 3 nitrogen and oxygen atoms in total. The SMILES string of the molecule is CC(=O)SCC1CCCN(CC(c2ccccc2)c2ccccc2)C1.SCC1CCCN(CC(c2ccccc2)c2ccccc2)C1. The van der Waals surface area contributed by atoms with Crippen LogP contribution < -0.4 is 0 Å². The van der Waals surface area contributed by atoms with E-state index in [9.17, 15) is 4.79 Å². The second-order valence-corrected chi connectivity index (χ2v) is 14.8. The Kier molecular flexibility index (Phi) is 14.5. The number of thioether (sulfide) groups is 1. The van der Waals surface area contributed by atoms with Gasteiger partial charge in [0.2, 0.25) is 0 Å². The molecule has 2 atom stereocenters. The average Bonchev–Trinajstić information content (AvgIpc) is 3.14. The van der Waals surface area contributed by atoms with Crippen LogP contribution in [0.5, 0.6) is 0 Å². The van der Waals surface area contributed by atoms with Crippen LogP contribution in [-0.4, -0.2) is 65.7 Å². The third-order valence-corrected chi connectivity index (χ3v) is 11.2. The smallest absolute Gasteiger partial charge is 0.185 e. The van der Waals surface area contributed by atoms with Gasteiger partial charge >= 0.3 is 0 Å².